The maximum absolute atomic E-state index is 12.0. The van der Waals surface area contributed by atoms with Crippen LogP contribution in [0.1, 0.15) is 26.4 Å². The van der Waals surface area contributed by atoms with Gasteiger partial charge in [0.1, 0.15) is 0 Å². The van der Waals surface area contributed by atoms with Gasteiger partial charge in [-0.2, -0.15) is 10.1 Å². The van der Waals surface area contributed by atoms with Crippen LogP contribution in [0.2, 0.25) is 0 Å². The zero-order chi connectivity index (χ0) is 13.2. The van der Waals surface area contributed by atoms with E-state index in [2.05, 4.69) is 10.1 Å². The van der Waals surface area contributed by atoms with E-state index in [0.717, 1.165) is 5.01 Å². The Kier molecular flexibility index (Phi) is 2.64. The summed E-state index contributed by atoms with van der Waals surface area (Å²) in [6.07, 6.45) is 3.01. The third kappa shape index (κ3) is 1.91. The van der Waals surface area contributed by atoms with Gasteiger partial charge in [-0.25, -0.2) is 0 Å². The lowest BCUT2D eigenvalue weighted by Crippen LogP contribution is -2.24. The van der Waals surface area contributed by atoms with Crippen molar-refractivity contribution in [2.24, 2.45) is 5.10 Å². The maximum atomic E-state index is 12.0. The molecule has 1 aromatic carbocycles. The summed E-state index contributed by atoms with van der Waals surface area (Å²) in [5.74, 6) is -0.819. The zero-order valence-electron chi connectivity index (χ0n) is 9.85. The van der Waals surface area contributed by atoms with Crippen LogP contribution >= 0.6 is 0 Å². The molecule has 0 bridgehead atoms. The number of imide groups is 1. The first-order valence-electron chi connectivity index (χ1n) is 5.70. The Labute approximate surface area is 109 Å². The zero-order valence-corrected chi connectivity index (χ0v) is 9.85. The number of carbonyl (C=O) groups is 2. The van der Waals surface area contributed by atoms with Crippen LogP contribution < -0.4 is 0 Å². The van der Waals surface area contributed by atoms with Crippen LogP contribution in [0.25, 0.3) is 0 Å². The van der Waals surface area contributed by atoms with Gasteiger partial charge in [0.05, 0.1) is 23.0 Å². The van der Waals surface area contributed by atoms with Crippen LogP contribution in [0.4, 0.5) is 0 Å². The van der Waals surface area contributed by atoms with Crippen molar-refractivity contribution >= 4 is 18.0 Å². The Hall–Kier alpha value is -2.82. The van der Waals surface area contributed by atoms with E-state index in [0.29, 0.717) is 16.8 Å². The Morgan fingerprint density at radius 1 is 0.947 bits per heavy atom. The van der Waals surface area contributed by atoms with Gasteiger partial charge in [0.25, 0.3) is 11.8 Å². The Morgan fingerprint density at radius 3 is 2.16 bits per heavy atom. The number of carbonyl (C=O) groups excluding carboxylic acids is 2. The van der Waals surface area contributed by atoms with E-state index < -0.39 is 11.8 Å². The lowest BCUT2D eigenvalue weighted by molar-refractivity contribution is 0.0660. The normalized spacial score (nSPS) is 14.2. The smallest absolute Gasteiger partial charge is 0.267 e. The number of benzene rings is 1. The molecule has 1 aliphatic rings. The summed E-state index contributed by atoms with van der Waals surface area (Å²) in [4.78, 5) is 28.0. The lowest BCUT2D eigenvalue weighted by Gasteiger charge is -2.04. The Morgan fingerprint density at radius 2 is 1.58 bits per heavy atom. The van der Waals surface area contributed by atoms with Crippen molar-refractivity contribution in [2.75, 3.05) is 0 Å². The fourth-order valence-electron chi connectivity index (χ4n) is 1.85. The minimum Gasteiger partial charge on any atom is -0.267 e. The SMILES string of the molecule is O=C1c2ccccc2C(=O)N1/N=C\c1ccccn1. The van der Waals surface area contributed by atoms with Crippen LogP contribution in [0.5, 0.6) is 0 Å². The minimum atomic E-state index is -0.409. The topological polar surface area (TPSA) is 62.6 Å². The average molecular weight is 251 g/mol. The molecule has 3 rings (SSSR count). The Balaban J connectivity index is 1.91. The maximum Gasteiger partial charge on any atom is 0.282 e. The van der Waals surface area contributed by atoms with Crippen LogP contribution in [0, 0.1) is 0 Å². The molecule has 2 amide bonds. The van der Waals surface area contributed by atoms with E-state index >= 15 is 0 Å². The van der Waals surface area contributed by atoms with Gasteiger partial charge in [0.2, 0.25) is 0 Å². The highest BCUT2D eigenvalue weighted by Gasteiger charge is 2.35. The summed E-state index contributed by atoms with van der Waals surface area (Å²) in [6.45, 7) is 0. The van der Waals surface area contributed by atoms with Crippen molar-refractivity contribution in [3.05, 3.63) is 65.5 Å². The van der Waals surface area contributed by atoms with E-state index in [1.54, 1.807) is 48.7 Å². The molecule has 0 N–H and O–H groups in total. The van der Waals surface area contributed by atoms with Gasteiger partial charge >= 0.3 is 0 Å². The molecule has 1 aromatic heterocycles. The molecule has 1 aliphatic heterocycles. The molecule has 5 nitrogen and oxygen atoms in total. The molecule has 0 unspecified atom stereocenters. The molecule has 0 saturated heterocycles. The highest BCUT2D eigenvalue weighted by molar-refractivity contribution is 6.21. The van der Waals surface area contributed by atoms with Gasteiger partial charge < -0.3 is 0 Å². The second kappa shape index (κ2) is 4.45. The highest BCUT2D eigenvalue weighted by Crippen LogP contribution is 2.22. The molecule has 0 atom stereocenters. The van der Waals surface area contributed by atoms with E-state index in [9.17, 15) is 9.59 Å². The van der Waals surface area contributed by atoms with E-state index in [-0.39, 0.29) is 0 Å². The fourth-order valence-corrected chi connectivity index (χ4v) is 1.85. The molecule has 0 radical (unpaired) electrons. The molecule has 5 heteroatoms. The number of amides is 2. The highest BCUT2D eigenvalue weighted by atomic mass is 16.2. The lowest BCUT2D eigenvalue weighted by atomic mass is 10.1. The Bertz CT molecular complexity index is 645. The summed E-state index contributed by atoms with van der Waals surface area (Å²) in [5, 5.41) is 4.78. The molecule has 2 heterocycles. The first kappa shape index (κ1) is 11.3. The van der Waals surface area contributed by atoms with E-state index in [1.807, 2.05) is 0 Å². The van der Waals surface area contributed by atoms with Gasteiger partial charge in [-0.3, -0.25) is 14.6 Å². The van der Waals surface area contributed by atoms with Crippen molar-refractivity contribution in [1.29, 1.82) is 0 Å². The van der Waals surface area contributed by atoms with Crippen molar-refractivity contribution in [2.45, 2.75) is 0 Å². The summed E-state index contributed by atoms with van der Waals surface area (Å²) >= 11 is 0. The summed E-state index contributed by atoms with van der Waals surface area (Å²) < 4.78 is 0. The average Bonchev–Trinajstić information content (AvgIpc) is 2.71. The van der Waals surface area contributed by atoms with Crippen LogP contribution in [-0.2, 0) is 0 Å². The van der Waals surface area contributed by atoms with E-state index in [1.165, 1.54) is 6.21 Å². The summed E-state index contributed by atoms with van der Waals surface area (Å²) in [6, 6.07) is 12.0. The fraction of sp³-hybridized carbons (Fsp3) is 0. The standard InChI is InChI=1S/C14H9N3O2/c18-13-11-6-1-2-7-12(11)14(19)17(13)16-9-10-5-3-4-8-15-10/h1-9H/b16-9-. The number of hydrazone groups is 1. The molecule has 0 saturated carbocycles. The number of hydrogen-bond acceptors (Lipinski definition) is 4. The third-order valence-electron chi connectivity index (χ3n) is 2.77. The molecule has 0 fully saturated rings. The number of rotatable bonds is 2. The van der Waals surface area contributed by atoms with Crippen LogP contribution in [-0.4, -0.2) is 28.0 Å². The second-order valence-electron chi connectivity index (χ2n) is 3.97. The second-order valence-corrected chi connectivity index (χ2v) is 3.97. The third-order valence-corrected chi connectivity index (χ3v) is 2.77. The van der Waals surface area contributed by atoms with Crippen LogP contribution in [0.15, 0.2) is 53.8 Å². The van der Waals surface area contributed by atoms with Gasteiger partial charge in [0.15, 0.2) is 0 Å². The number of aromatic nitrogens is 1. The molecule has 0 spiro atoms. The molecule has 19 heavy (non-hydrogen) atoms. The number of nitrogens with zero attached hydrogens (tertiary/aromatic N) is 3. The van der Waals surface area contributed by atoms with Crippen molar-refractivity contribution < 1.29 is 9.59 Å². The molecule has 0 aliphatic carbocycles. The number of fused-ring (bicyclic) bond motifs is 1. The van der Waals surface area contributed by atoms with Gasteiger partial charge in [0, 0.05) is 6.20 Å². The van der Waals surface area contributed by atoms with E-state index in [4.69, 9.17) is 0 Å². The molecule has 92 valence electrons. The number of hydrogen-bond donors (Lipinski definition) is 0. The van der Waals surface area contributed by atoms with Crippen LogP contribution in [0.3, 0.4) is 0 Å². The van der Waals surface area contributed by atoms with Gasteiger partial charge in [-0.05, 0) is 24.3 Å². The van der Waals surface area contributed by atoms with Gasteiger partial charge in [-0.1, -0.05) is 18.2 Å². The summed E-state index contributed by atoms with van der Waals surface area (Å²) in [7, 11) is 0. The predicted octanol–water partition coefficient (Wildman–Crippen LogP) is 1.71. The largest absolute Gasteiger partial charge is 0.282 e. The van der Waals surface area contributed by atoms with Gasteiger partial charge in [-0.15, -0.1) is 0 Å². The van der Waals surface area contributed by atoms with Crippen molar-refractivity contribution in [1.82, 2.24) is 9.99 Å². The minimum absolute atomic E-state index is 0.380. The summed E-state index contributed by atoms with van der Waals surface area (Å²) in [5.41, 5.74) is 1.34. The predicted molar refractivity (Wildman–Crippen MR) is 68.8 cm³/mol. The molecule has 2 aromatic rings. The number of pyridine rings is 1. The first-order chi connectivity index (χ1) is 9.27. The quantitative estimate of drug-likeness (QED) is 0.603. The monoisotopic (exact) mass is 251 g/mol. The molecular weight excluding hydrogens is 242 g/mol. The van der Waals surface area contributed by atoms with Crippen molar-refractivity contribution in [3.8, 4) is 0 Å². The first-order valence-corrected chi connectivity index (χ1v) is 5.70. The molecular formula is C14H9N3O2. The van der Waals surface area contributed by atoms with Crippen molar-refractivity contribution in [3.63, 3.8) is 0 Å².